The van der Waals surface area contributed by atoms with Crippen LogP contribution in [0.5, 0.6) is 0 Å². The number of nitrogens with zero attached hydrogens (tertiary/aromatic N) is 1. The number of hydrogen-bond donors (Lipinski definition) is 0. The number of rotatable bonds is 7. The third-order valence-electron chi connectivity index (χ3n) is 12.8. The van der Waals surface area contributed by atoms with Crippen LogP contribution in [0.2, 0.25) is 0 Å². The first-order chi connectivity index (χ1) is 29.3. The van der Waals surface area contributed by atoms with E-state index in [-0.39, 0.29) is 0 Å². The first-order valence-electron chi connectivity index (χ1n) is 20.6. The van der Waals surface area contributed by atoms with Crippen molar-refractivity contribution in [3.63, 3.8) is 0 Å². The van der Waals surface area contributed by atoms with Gasteiger partial charge in [0.15, 0.2) is 0 Å². The van der Waals surface area contributed by atoms with Crippen molar-refractivity contribution >= 4 is 48.6 Å². The highest BCUT2D eigenvalue weighted by Crippen LogP contribution is 2.71. The average Bonchev–Trinajstić information content (AvgIpc) is 3.96. The average molecular weight is 770 g/mol. The van der Waals surface area contributed by atoms with E-state index in [9.17, 15) is 0 Å². The van der Waals surface area contributed by atoms with Gasteiger partial charge in [-0.2, -0.15) is 0 Å². The van der Waals surface area contributed by atoms with Crippen LogP contribution in [-0.2, 0) is 0 Å². The molecule has 9 aromatic carbocycles. The number of fused-ring (bicyclic) bond motifs is 9. The van der Waals surface area contributed by atoms with E-state index in [0.29, 0.717) is 17.8 Å². The molecule has 3 atom stereocenters. The highest BCUT2D eigenvalue weighted by atomic mass is 32.1. The molecule has 0 bridgehead atoms. The molecule has 1 fully saturated rings. The van der Waals surface area contributed by atoms with Gasteiger partial charge in [-0.15, -0.1) is 11.3 Å². The van der Waals surface area contributed by atoms with E-state index in [1.165, 1.54) is 81.4 Å². The largest absolute Gasteiger partial charge is 0.311 e. The van der Waals surface area contributed by atoms with Crippen LogP contribution in [0.25, 0.3) is 64.7 Å². The van der Waals surface area contributed by atoms with Gasteiger partial charge in [0.2, 0.25) is 0 Å². The van der Waals surface area contributed by atoms with Crippen molar-refractivity contribution in [3.8, 4) is 44.5 Å². The summed E-state index contributed by atoms with van der Waals surface area (Å²) >= 11 is 1.88. The summed E-state index contributed by atoms with van der Waals surface area (Å²) in [7, 11) is 0. The highest BCUT2D eigenvalue weighted by molar-refractivity contribution is 7.26. The van der Waals surface area contributed by atoms with Crippen LogP contribution < -0.4 is 4.90 Å². The SMILES string of the molecule is c1ccc(-c2ccc(N(c3ccc(-c4ccc5c(c4)-c4ccccc4C4C(c6ccccc6)C54)cc3)c3ccc(-c4cccc5c4sc4ccccc45)cc3)cc2)cc1. The first-order valence-corrected chi connectivity index (χ1v) is 21.4. The molecule has 0 spiro atoms. The van der Waals surface area contributed by atoms with Crippen molar-refractivity contribution in [1.82, 2.24) is 0 Å². The zero-order valence-corrected chi connectivity index (χ0v) is 33.2. The first kappa shape index (κ1) is 34.1. The summed E-state index contributed by atoms with van der Waals surface area (Å²) < 4.78 is 2.66. The Morgan fingerprint density at radius 3 is 1.54 bits per heavy atom. The molecule has 0 radical (unpaired) electrons. The van der Waals surface area contributed by atoms with E-state index in [2.05, 4.69) is 223 Å². The number of hydrogen-bond acceptors (Lipinski definition) is 2. The van der Waals surface area contributed by atoms with Gasteiger partial charge in [-0.3, -0.25) is 0 Å². The number of anilines is 3. The van der Waals surface area contributed by atoms with Crippen LogP contribution in [0.1, 0.15) is 34.4 Å². The van der Waals surface area contributed by atoms with E-state index in [1.54, 1.807) is 0 Å². The Labute approximate surface area is 349 Å². The monoisotopic (exact) mass is 769 g/mol. The number of benzene rings is 9. The van der Waals surface area contributed by atoms with Crippen LogP contribution in [0.4, 0.5) is 17.1 Å². The minimum absolute atomic E-state index is 0.532. The molecule has 1 nitrogen and oxygen atoms in total. The Bertz CT molecular complexity index is 3140. The number of thiophene rings is 1. The molecule has 278 valence electrons. The molecule has 2 aliphatic carbocycles. The second kappa shape index (κ2) is 13.8. The molecule has 59 heavy (non-hydrogen) atoms. The second-order valence-corrected chi connectivity index (χ2v) is 17.1. The molecule has 0 N–H and O–H groups in total. The lowest BCUT2D eigenvalue weighted by atomic mass is 9.84. The minimum Gasteiger partial charge on any atom is -0.311 e. The maximum Gasteiger partial charge on any atom is 0.0462 e. The van der Waals surface area contributed by atoms with E-state index in [4.69, 9.17) is 0 Å². The van der Waals surface area contributed by atoms with Gasteiger partial charge in [-0.25, -0.2) is 0 Å². The van der Waals surface area contributed by atoms with Crippen LogP contribution in [-0.4, -0.2) is 0 Å². The Morgan fingerprint density at radius 1 is 0.322 bits per heavy atom. The van der Waals surface area contributed by atoms with Gasteiger partial charge >= 0.3 is 0 Å². The third-order valence-corrected chi connectivity index (χ3v) is 14.0. The molecule has 2 aliphatic rings. The summed E-state index contributed by atoms with van der Waals surface area (Å²) in [5.74, 6) is 1.62. The lowest BCUT2D eigenvalue weighted by molar-refractivity contribution is 1.01. The van der Waals surface area contributed by atoms with E-state index in [1.807, 2.05) is 11.3 Å². The maximum atomic E-state index is 2.44. The summed E-state index contributed by atoms with van der Waals surface area (Å²) in [6, 6.07) is 80.7. The summed E-state index contributed by atoms with van der Waals surface area (Å²) in [5.41, 5.74) is 18.0. The molecule has 12 rings (SSSR count). The highest BCUT2D eigenvalue weighted by Gasteiger charge is 2.56. The molecule has 2 heteroatoms. The van der Waals surface area contributed by atoms with E-state index < -0.39 is 0 Å². The second-order valence-electron chi connectivity index (χ2n) is 16.0. The van der Waals surface area contributed by atoms with Crippen molar-refractivity contribution in [3.05, 3.63) is 235 Å². The lowest BCUT2D eigenvalue weighted by Gasteiger charge is -2.26. The summed E-state index contributed by atoms with van der Waals surface area (Å²) in [5, 5.41) is 2.65. The Balaban J connectivity index is 0.908. The van der Waals surface area contributed by atoms with Gasteiger partial charge in [-0.1, -0.05) is 170 Å². The van der Waals surface area contributed by atoms with Crippen molar-refractivity contribution in [2.45, 2.75) is 17.8 Å². The Hall–Kier alpha value is -7.00. The fraction of sp³-hybridized carbons (Fsp3) is 0.0526. The van der Waals surface area contributed by atoms with Gasteiger partial charge in [0.25, 0.3) is 0 Å². The fourth-order valence-corrected chi connectivity index (χ4v) is 11.2. The smallest absolute Gasteiger partial charge is 0.0462 e. The summed E-state index contributed by atoms with van der Waals surface area (Å²) in [6.45, 7) is 0. The zero-order chi connectivity index (χ0) is 38.9. The predicted molar refractivity (Wildman–Crippen MR) is 250 cm³/mol. The van der Waals surface area contributed by atoms with Crippen molar-refractivity contribution in [2.24, 2.45) is 0 Å². The van der Waals surface area contributed by atoms with Crippen LogP contribution in [0, 0.1) is 0 Å². The molecule has 0 saturated heterocycles. The lowest BCUT2D eigenvalue weighted by Crippen LogP contribution is -2.09. The van der Waals surface area contributed by atoms with Gasteiger partial charge in [0, 0.05) is 37.2 Å². The zero-order valence-electron chi connectivity index (χ0n) is 32.4. The summed E-state index contributed by atoms with van der Waals surface area (Å²) in [4.78, 5) is 2.38. The molecule has 10 aromatic rings. The third kappa shape index (κ3) is 5.74. The molecule has 1 heterocycles. The van der Waals surface area contributed by atoms with Crippen LogP contribution >= 0.6 is 11.3 Å². The quantitative estimate of drug-likeness (QED) is 0.156. The van der Waals surface area contributed by atoms with Gasteiger partial charge < -0.3 is 4.90 Å². The topological polar surface area (TPSA) is 3.24 Å². The van der Waals surface area contributed by atoms with Gasteiger partial charge in [-0.05, 0) is 127 Å². The van der Waals surface area contributed by atoms with Crippen LogP contribution in [0.15, 0.2) is 218 Å². The molecule has 0 amide bonds. The van der Waals surface area contributed by atoms with Gasteiger partial charge in [0.1, 0.15) is 0 Å². The summed E-state index contributed by atoms with van der Waals surface area (Å²) in [6.07, 6.45) is 0. The molecule has 1 saturated carbocycles. The van der Waals surface area contributed by atoms with E-state index >= 15 is 0 Å². The molecular formula is C57H39NS. The fourth-order valence-electron chi connectivity index (χ4n) is 9.92. The minimum atomic E-state index is 0.532. The molecule has 1 aromatic heterocycles. The van der Waals surface area contributed by atoms with Crippen molar-refractivity contribution in [1.29, 1.82) is 0 Å². The van der Waals surface area contributed by atoms with Crippen molar-refractivity contribution in [2.75, 3.05) is 4.90 Å². The maximum absolute atomic E-state index is 2.44. The molecule has 3 unspecified atom stereocenters. The molecular weight excluding hydrogens is 731 g/mol. The van der Waals surface area contributed by atoms with E-state index in [0.717, 1.165) is 17.1 Å². The Kier molecular flexibility index (Phi) is 7.99. The Morgan fingerprint density at radius 2 is 0.831 bits per heavy atom. The predicted octanol–water partition coefficient (Wildman–Crippen LogP) is 16.2. The standard InChI is InChI=1S/C57H39NS/c1-3-12-37(13-4-1)38-22-29-43(30-23-38)58(45-33-26-40(27-34-45)46-19-11-20-51-48-17-9-10-21-53(48)59-57(46)51)44-31-24-39(25-32-44)42-28-35-50-52(36-42)47-16-7-8-18-49(47)55-54(56(50)55)41-14-5-2-6-15-41/h1-36,54-56H. The van der Waals surface area contributed by atoms with Crippen LogP contribution in [0.3, 0.4) is 0 Å². The van der Waals surface area contributed by atoms with Crippen molar-refractivity contribution < 1.29 is 0 Å². The normalized spacial score (nSPS) is 16.3. The molecule has 0 aliphatic heterocycles. The van der Waals surface area contributed by atoms with Gasteiger partial charge in [0.05, 0.1) is 0 Å².